The summed E-state index contributed by atoms with van der Waals surface area (Å²) >= 11 is 0. The Balaban J connectivity index is 0. The van der Waals surface area contributed by atoms with Gasteiger partial charge in [0.25, 0.3) is 0 Å². The van der Waals surface area contributed by atoms with Gasteiger partial charge in [0.2, 0.25) is 0 Å². The highest BCUT2D eigenvalue weighted by Gasteiger charge is 1.97. The maximum absolute atomic E-state index is 10.8. The zero-order valence-electron chi connectivity index (χ0n) is 10.9. The van der Waals surface area contributed by atoms with E-state index in [2.05, 4.69) is 22.6 Å². The van der Waals surface area contributed by atoms with E-state index in [4.69, 9.17) is 4.74 Å². The molecule has 0 N–H and O–H groups in total. The van der Waals surface area contributed by atoms with Crippen LogP contribution in [0.15, 0.2) is 37.8 Å². The second-order valence-corrected chi connectivity index (χ2v) is 2.85. The van der Waals surface area contributed by atoms with Gasteiger partial charge < -0.3 is 14.2 Å². The number of unbranched alkanes of at least 4 members (excludes halogenated alkanes) is 1. The molecule has 0 saturated heterocycles. The van der Waals surface area contributed by atoms with Crippen molar-refractivity contribution in [2.75, 3.05) is 13.7 Å². The molecule has 0 rings (SSSR count). The van der Waals surface area contributed by atoms with Crippen molar-refractivity contribution in [1.82, 2.24) is 0 Å². The first-order chi connectivity index (χ1) is 8.62. The van der Waals surface area contributed by atoms with E-state index in [-0.39, 0.29) is 0 Å². The fourth-order valence-corrected chi connectivity index (χ4v) is 0.637. The van der Waals surface area contributed by atoms with E-state index in [0.717, 1.165) is 25.0 Å². The molecule has 0 saturated carbocycles. The molecule has 5 heteroatoms. The van der Waals surface area contributed by atoms with Gasteiger partial charge >= 0.3 is 11.9 Å². The summed E-state index contributed by atoms with van der Waals surface area (Å²) in [5, 5.41) is 0. The Morgan fingerprint density at radius 2 is 1.67 bits per heavy atom. The van der Waals surface area contributed by atoms with Gasteiger partial charge in [0.1, 0.15) is 0 Å². The molecule has 0 aliphatic rings. The smallest absolute Gasteiger partial charge is 0.331 e. The highest BCUT2D eigenvalue weighted by atomic mass is 16.5. The van der Waals surface area contributed by atoms with Crippen LogP contribution in [0.2, 0.25) is 0 Å². The minimum Gasteiger partial charge on any atom is -0.474 e. The van der Waals surface area contributed by atoms with Crippen LogP contribution < -0.4 is 0 Å². The first kappa shape index (κ1) is 18.3. The molecule has 0 bridgehead atoms. The minimum atomic E-state index is -0.563. The van der Waals surface area contributed by atoms with Gasteiger partial charge in [0.05, 0.1) is 26.2 Å². The Morgan fingerprint density at radius 3 is 2.06 bits per heavy atom. The Morgan fingerprint density at radius 1 is 1.11 bits per heavy atom. The average molecular weight is 256 g/mol. The molecule has 0 unspecified atom stereocenters. The van der Waals surface area contributed by atoms with Crippen LogP contribution in [-0.2, 0) is 23.8 Å². The number of rotatable bonds is 7. The Bertz CT molecular complexity index is 275. The second-order valence-electron chi connectivity index (χ2n) is 2.85. The van der Waals surface area contributed by atoms with Gasteiger partial charge in [-0.25, -0.2) is 9.59 Å². The van der Waals surface area contributed by atoms with Crippen molar-refractivity contribution in [1.29, 1.82) is 0 Å². The Hall–Kier alpha value is -2.04. The van der Waals surface area contributed by atoms with Crippen LogP contribution in [0, 0.1) is 0 Å². The predicted octanol–water partition coefficient (Wildman–Crippen LogP) is 2.35. The Labute approximate surface area is 108 Å². The van der Waals surface area contributed by atoms with Crippen LogP contribution in [0.3, 0.4) is 0 Å². The third-order valence-electron chi connectivity index (χ3n) is 1.49. The van der Waals surface area contributed by atoms with E-state index in [0.29, 0.717) is 6.61 Å². The molecule has 0 aliphatic heterocycles. The van der Waals surface area contributed by atoms with Crippen molar-refractivity contribution >= 4 is 11.9 Å². The molecule has 0 fully saturated rings. The highest BCUT2D eigenvalue weighted by molar-refractivity contribution is 5.91. The molecule has 0 radical (unpaired) electrons. The number of methoxy groups -OCH3 is 1. The largest absolute Gasteiger partial charge is 0.474 e. The lowest BCUT2D eigenvalue weighted by Gasteiger charge is -1.98. The standard InChI is InChI=1S/C9H14O4.C4H6O/c1-3-4-7-13-9(11)6-5-8(10)12-2;1-3-5-4-2/h5-6H,3-4,7H2,1-2H3;3-4H,1-2H2/b6-5-;. The zero-order chi connectivity index (χ0) is 14.2. The Kier molecular flexibility index (Phi) is 15.2. The molecule has 0 aliphatic carbocycles. The van der Waals surface area contributed by atoms with E-state index in [1.165, 1.54) is 19.6 Å². The lowest BCUT2D eigenvalue weighted by atomic mass is 10.4. The molecular formula is C13H20O5. The highest BCUT2D eigenvalue weighted by Crippen LogP contribution is 1.90. The van der Waals surface area contributed by atoms with Gasteiger partial charge in [-0.1, -0.05) is 26.5 Å². The summed E-state index contributed by atoms with van der Waals surface area (Å²) in [4.78, 5) is 21.4. The van der Waals surface area contributed by atoms with Crippen molar-refractivity contribution < 1.29 is 23.8 Å². The summed E-state index contributed by atoms with van der Waals surface area (Å²) in [7, 11) is 1.25. The van der Waals surface area contributed by atoms with Gasteiger partial charge in [-0.15, -0.1) is 0 Å². The van der Waals surface area contributed by atoms with E-state index in [1.807, 2.05) is 6.92 Å². The molecule has 0 amide bonds. The van der Waals surface area contributed by atoms with Crippen LogP contribution >= 0.6 is 0 Å². The summed E-state index contributed by atoms with van der Waals surface area (Å²) in [6, 6.07) is 0. The maximum atomic E-state index is 10.8. The third kappa shape index (κ3) is 16.4. The average Bonchev–Trinajstić information content (AvgIpc) is 2.38. The molecule has 5 nitrogen and oxygen atoms in total. The van der Waals surface area contributed by atoms with Crippen molar-refractivity contribution in [3.05, 3.63) is 37.8 Å². The lowest BCUT2D eigenvalue weighted by molar-refractivity contribution is -0.139. The van der Waals surface area contributed by atoms with Crippen molar-refractivity contribution in [2.24, 2.45) is 0 Å². The van der Waals surface area contributed by atoms with E-state index in [1.54, 1.807) is 0 Å². The van der Waals surface area contributed by atoms with Gasteiger partial charge in [-0.3, -0.25) is 0 Å². The van der Waals surface area contributed by atoms with Gasteiger partial charge in [0.15, 0.2) is 0 Å². The first-order valence-electron chi connectivity index (χ1n) is 5.42. The molecule has 0 atom stereocenters. The summed E-state index contributed by atoms with van der Waals surface area (Å²) < 4.78 is 13.4. The van der Waals surface area contributed by atoms with Crippen molar-refractivity contribution in [3.63, 3.8) is 0 Å². The molecule has 0 aromatic rings. The molecule has 18 heavy (non-hydrogen) atoms. The predicted molar refractivity (Wildman–Crippen MR) is 68.5 cm³/mol. The summed E-state index contributed by atoms with van der Waals surface area (Å²) in [6.45, 7) is 8.90. The van der Waals surface area contributed by atoms with Crippen LogP contribution in [0.4, 0.5) is 0 Å². The maximum Gasteiger partial charge on any atom is 0.331 e. The number of ether oxygens (including phenoxy) is 3. The van der Waals surface area contributed by atoms with Crippen LogP contribution in [0.25, 0.3) is 0 Å². The monoisotopic (exact) mass is 256 g/mol. The second kappa shape index (κ2) is 15.0. The fraction of sp³-hybridized carbons (Fsp3) is 0.385. The summed E-state index contributed by atoms with van der Waals surface area (Å²) in [5.74, 6) is -1.08. The molecule has 0 spiro atoms. The summed E-state index contributed by atoms with van der Waals surface area (Å²) in [6.07, 6.45) is 6.52. The van der Waals surface area contributed by atoms with E-state index in [9.17, 15) is 9.59 Å². The summed E-state index contributed by atoms with van der Waals surface area (Å²) in [5.41, 5.74) is 0. The normalized spacial score (nSPS) is 8.78. The quantitative estimate of drug-likeness (QED) is 0.303. The third-order valence-corrected chi connectivity index (χ3v) is 1.49. The SMILES string of the molecule is C=COC=C.CCCCOC(=O)/C=C\C(=O)OC. The number of hydrogen-bond acceptors (Lipinski definition) is 5. The van der Waals surface area contributed by atoms with Gasteiger partial charge in [-0.2, -0.15) is 0 Å². The topological polar surface area (TPSA) is 61.8 Å². The molecule has 0 aromatic heterocycles. The van der Waals surface area contributed by atoms with Crippen LogP contribution in [-0.4, -0.2) is 25.7 Å². The number of hydrogen-bond donors (Lipinski definition) is 0. The number of carbonyl (C=O) groups excluding carboxylic acids is 2. The van der Waals surface area contributed by atoms with Crippen LogP contribution in [0.1, 0.15) is 19.8 Å². The zero-order valence-corrected chi connectivity index (χ0v) is 10.9. The lowest BCUT2D eigenvalue weighted by Crippen LogP contribution is -2.03. The van der Waals surface area contributed by atoms with E-state index >= 15 is 0 Å². The number of esters is 2. The number of carbonyl (C=O) groups is 2. The van der Waals surface area contributed by atoms with Crippen LogP contribution in [0.5, 0.6) is 0 Å². The molecule has 0 aromatic carbocycles. The fourth-order valence-electron chi connectivity index (χ4n) is 0.637. The molecule has 0 heterocycles. The molecular weight excluding hydrogens is 236 g/mol. The van der Waals surface area contributed by atoms with Gasteiger partial charge in [-0.05, 0) is 6.42 Å². The van der Waals surface area contributed by atoms with Gasteiger partial charge in [0, 0.05) is 12.2 Å². The molecule has 102 valence electrons. The minimum absolute atomic E-state index is 0.390. The van der Waals surface area contributed by atoms with Crippen molar-refractivity contribution in [3.8, 4) is 0 Å². The first-order valence-corrected chi connectivity index (χ1v) is 5.42. The van der Waals surface area contributed by atoms with E-state index < -0.39 is 11.9 Å². The van der Waals surface area contributed by atoms with Crippen molar-refractivity contribution in [2.45, 2.75) is 19.8 Å².